The Morgan fingerprint density at radius 3 is 2.74 bits per heavy atom. The Morgan fingerprint density at radius 2 is 2.06 bits per heavy atom. The average Bonchev–Trinajstić information content (AvgIpc) is 3.17. The van der Waals surface area contributed by atoms with Gasteiger partial charge in [-0.3, -0.25) is 14.7 Å². The normalized spacial score (nSPS) is 18.6. The molecule has 0 aliphatic carbocycles. The number of likely N-dealkylation sites (tertiary alicyclic amines) is 1. The van der Waals surface area contributed by atoms with Crippen LogP contribution in [-0.4, -0.2) is 80.7 Å². The number of aliphatic imine (C=N–C) groups is 1. The van der Waals surface area contributed by atoms with Crippen molar-refractivity contribution in [3.63, 3.8) is 0 Å². The van der Waals surface area contributed by atoms with Crippen molar-refractivity contribution in [2.45, 2.75) is 32.2 Å². The highest BCUT2D eigenvalue weighted by Gasteiger charge is 2.23. The quantitative estimate of drug-likeness (QED) is 0.215. The lowest BCUT2D eigenvalue weighted by Crippen LogP contribution is -2.42. The monoisotopic (exact) mass is 547 g/mol. The van der Waals surface area contributed by atoms with E-state index in [9.17, 15) is 9.18 Å². The van der Waals surface area contributed by atoms with Crippen LogP contribution in [0.4, 0.5) is 4.39 Å². The Morgan fingerprint density at radius 1 is 1.26 bits per heavy atom. The second kappa shape index (κ2) is 13.8. The molecule has 1 amide bonds. The summed E-state index contributed by atoms with van der Waals surface area (Å²) in [5.74, 6) is 0.787. The molecule has 31 heavy (non-hydrogen) atoms. The summed E-state index contributed by atoms with van der Waals surface area (Å²) in [4.78, 5) is 20.8. The molecule has 0 saturated carbocycles. The first-order valence-electron chi connectivity index (χ1n) is 11.0. The Labute approximate surface area is 201 Å². The highest BCUT2D eigenvalue weighted by Crippen LogP contribution is 2.23. The summed E-state index contributed by atoms with van der Waals surface area (Å²) in [6.45, 7) is 8.72. The lowest BCUT2D eigenvalue weighted by molar-refractivity contribution is -0.127. The van der Waals surface area contributed by atoms with E-state index < -0.39 is 0 Å². The molecule has 3 rings (SSSR count). The van der Waals surface area contributed by atoms with Gasteiger partial charge in [0.25, 0.3) is 0 Å². The first kappa shape index (κ1) is 25.8. The first-order chi connectivity index (χ1) is 14.7. The van der Waals surface area contributed by atoms with Gasteiger partial charge in [-0.05, 0) is 37.5 Å². The van der Waals surface area contributed by atoms with Crippen LogP contribution in [0.25, 0.3) is 0 Å². The van der Waals surface area contributed by atoms with Crippen molar-refractivity contribution in [3.05, 3.63) is 35.6 Å². The Balaban J connectivity index is 0.00000341. The van der Waals surface area contributed by atoms with E-state index >= 15 is 0 Å². The lowest BCUT2D eigenvalue weighted by atomic mass is 10.0. The van der Waals surface area contributed by atoms with Crippen LogP contribution in [0.15, 0.2) is 29.3 Å². The number of ether oxygens (including phenoxy) is 1. The number of halogens is 2. The van der Waals surface area contributed by atoms with Crippen LogP contribution in [0.1, 0.15) is 37.8 Å². The highest BCUT2D eigenvalue weighted by molar-refractivity contribution is 14.0. The SMILES string of the molecule is CCNC(=NCC(c1cccc(F)c1)N1CCOCC1)NCCCN1CCCC1=O.I. The fourth-order valence-corrected chi connectivity index (χ4v) is 3.97. The Bertz CT molecular complexity index is 715. The second-order valence-electron chi connectivity index (χ2n) is 7.70. The van der Waals surface area contributed by atoms with Gasteiger partial charge in [-0.1, -0.05) is 12.1 Å². The van der Waals surface area contributed by atoms with E-state index in [1.165, 1.54) is 6.07 Å². The number of amides is 1. The average molecular weight is 547 g/mol. The molecular weight excluding hydrogens is 512 g/mol. The summed E-state index contributed by atoms with van der Waals surface area (Å²) in [5, 5.41) is 6.65. The van der Waals surface area contributed by atoms with Gasteiger partial charge >= 0.3 is 0 Å². The molecule has 1 atom stereocenters. The highest BCUT2D eigenvalue weighted by atomic mass is 127. The number of morpholine rings is 1. The van der Waals surface area contributed by atoms with Crippen molar-refractivity contribution in [2.24, 2.45) is 4.99 Å². The lowest BCUT2D eigenvalue weighted by Gasteiger charge is -2.34. The molecule has 1 aromatic rings. The number of carbonyl (C=O) groups excluding carboxylic acids is 1. The summed E-state index contributed by atoms with van der Waals surface area (Å²) >= 11 is 0. The zero-order valence-electron chi connectivity index (χ0n) is 18.3. The van der Waals surface area contributed by atoms with Gasteiger partial charge in [0.15, 0.2) is 5.96 Å². The molecule has 174 valence electrons. The van der Waals surface area contributed by atoms with Gasteiger partial charge in [0.2, 0.25) is 5.91 Å². The van der Waals surface area contributed by atoms with Crippen LogP contribution < -0.4 is 10.6 Å². The van der Waals surface area contributed by atoms with Gasteiger partial charge in [0.05, 0.1) is 25.8 Å². The summed E-state index contributed by atoms with van der Waals surface area (Å²) < 4.78 is 19.3. The van der Waals surface area contributed by atoms with Crippen molar-refractivity contribution < 1.29 is 13.9 Å². The third-order valence-electron chi connectivity index (χ3n) is 5.56. The minimum absolute atomic E-state index is 0. The molecule has 0 bridgehead atoms. The van der Waals surface area contributed by atoms with Crippen LogP contribution in [0.5, 0.6) is 0 Å². The van der Waals surface area contributed by atoms with Gasteiger partial charge in [-0.2, -0.15) is 0 Å². The van der Waals surface area contributed by atoms with Crippen molar-refractivity contribution in [1.82, 2.24) is 20.4 Å². The second-order valence-corrected chi connectivity index (χ2v) is 7.70. The van der Waals surface area contributed by atoms with Crippen molar-refractivity contribution in [3.8, 4) is 0 Å². The summed E-state index contributed by atoms with van der Waals surface area (Å²) in [5.41, 5.74) is 0.934. The van der Waals surface area contributed by atoms with Crippen molar-refractivity contribution >= 4 is 35.8 Å². The maximum Gasteiger partial charge on any atom is 0.222 e. The standard InChI is InChI=1S/C22H34FN5O2.HI/c1-2-24-22(25-9-5-11-28-10-4-8-21(28)29)26-17-20(27-12-14-30-15-13-27)18-6-3-7-19(23)16-18;/h3,6-7,16,20H,2,4-5,8-15,17H2,1H3,(H2,24,25,26);1H. The predicted octanol–water partition coefficient (Wildman–Crippen LogP) is 2.38. The Kier molecular flexibility index (Phi) is 11.5. The fraction of sp³-hybridized carbons (Fsp3) is 0.636. The van der Waals surface area contributed by atoms with E-state index in [0.717, 1.165) is 63.6 Å². The summed E-state index contributed by atoms with van der Waals surface area (Å²) in [7, 11) is 0. The van der Waals surface area contributed by atoms with Gasteiger partial charge in [0.1, 0.15) is 5.82 Å². The molecule has 9 heteroatoms. The first-order valence-corrected chi connectivity index (χ1v) is 11.0. The molecule has 7 nitrogen and oxygen atoms in total. The number of nitrogens with zero attached hydrogens (tertiary/aromatic N) is 3. The van der Waals surface area contributed by atoms with Crippen LogP contribution in [0.2, 0.25) is 0 Å². The number of rotatable bonds is 9. The molecule has 2 heterocycles. The van der Waals surface area contributed by atoms with Crippen LogP contribution >= 0.6 is 24.0 Å². The van der Waals surface area contributed by atoms with E-state index in [1.807, 2.05) is 17.9 Å². The van der Waals surface area contributed by atoms with Gasteiger partial charge < -0.3 is 20.3 Å². The van der Waals surface area contributed by atoms with Crippen molar-refractivity contribution in [1.29, 1.82) is 0 Å². The molecule has 1 unspecified atom stereocenters. The maximum atomic E-state index is 13.8. The number of guanidine groups is 1. The van der Waals surface area contributed by atoms with E-state index in [2.05, 4.69) is 15.5 Å². The molecule has 0 radical (unpaired) electrons. The largest absolute Gasteiger partial charge is 0.379 e. The maximum absolute atomic E-state index is 13.8. The van der Waals surface area contributed by atoms with E-state index in [4.69, 9.17) is 9.73 Å². The van der Waals surface area contributed by atoms with Gasteiger partial charge in [0, 0.05) is 45.7 Å². The molecule has 2 aliphatic rings. The summed E-state index contributed by atoms with van der Waals surface area (Å²) in [6, 6.07) is 6.79. The zero-order valence-corrected chi connectivity index (χ0v) is 20.6. The minimum Gasteiger partial charge on any atom is -0.379 e. The van der Waals surface area contributed by atoms with Crippen LogP contribution in [-0.2, 0) is 9.53 Å². The van der Waals surface area contributed by atoms with Gasteiger partial charge in [-0.25, -0.2) is 4.39 Å². The van der Waals surface area contributed by atoms with E-state index in [-0.39, 0.29) is 41.7 Å². The number of benzene rings is 1. The molecule has 1 aromatic carbocycles. The number of hydrogen-bond donors (Lipinski definition) is 2. The topological polar surface area (TPSA) is 69.2 Å². The zero-order chi connectivity index (χ0) is 21.2. The number of carbonyl (C=O) groups is 1. The molecule has 2 aliphatic heterocycles. The van der Waals surface area contributed by atoms with Gasteiger partial charge in [-0.15, -0.1) is 24.0 Å². The third-order valence-corrected chi connectivity index (χ3v) is 5.56. The predicted molar refractivity (Wildman–Crippen MR) is 131 cm³/mol. The molecule has 2 saturated heterocycles. The Hall–Kier alpha value is -1.46. The fourth-order valence-electron chi connectivity index (χ4n) is 3.97. The van der Waals surface area contributed by atoms with Crippen LogP contribution in [0.3, 0.4) is 0 Å². The summed E-state index contributed by atoms with van der Waals surface area (Å²) in [6.07, 6.45) is 2.53. The number of nitrogens with one attached hydrogen (secondary N) is 2. The third kappa shape index (κ3) is 8.19. The smallest absolute Gasteiger partial charge is 0.222 e. The molecule has 0 aromatic heterocycles. The van der Waals surface area contributed by atoms with Crippen molar-refractivity contribution in [2.75, 3.05) is 59.0 Å². The van der Waals surface area contributed by atoms with Crippen LogP contribution in [0, 0.1) is 5.82 Å². The number of hydrogen-bond acceptors (Lipinski definition) is 4. The molecule has 0 spiro atoms. The molecule has 2 N–H and O–H groups in total. The molecular formula is C22H35FIN5O2. The minimum atomic E-state index is -0.226. The van der Waals surface area contributed by atoms with E-state index in [1.54, 1.807) is 12.1 Å². The van der Waals surface area contributed by atoms with E-state index in [0.29, 0.717) is 26.2 Å². The molecule has 2 fully saturated rings.